The normalized spacial score (nSPS) is 17.1. The molecule has 0 nitrogen and oxygen atoms in total. The summed E-state index contributed by atoms with van der Waals surface area (Å²) in [6.45, 7) is 7.19. The summed E-state index contributed by atoms with van der Waals surface area (Å²) in [4.78, 5) is 0. The molecule has 1 atom stereocenters. The van der Waals surface area contributed by atoms with Gasteiger partial charge in [-0.3, -0.25) is 0 Å². The molecule has 0 amide bonds. The van der Waals surface area contributed by atoms with Crippen LogP contribution in [0.5, 0.6) is 0 Å². The van der Waals surface area contributed by atoms with Crippen LogP contribution in [-0.4, -0.2) is 8.80 Å². The van der Waals surface area contributed by atoms with E-state index < -0.39 is 29.6 Å². The Kier molecular flexibility index (Phi) is 7.33. The molecule has 0 heterocycles. The molecule has 0 spiro atoms. The SMILES string of the molecule is CCC1=Cc2ccccc2C1[SiH](C)C.[Cl][Zr][Cl]. The Morgan fingerprint density at radius 2 is 1.82 bits per heavy atom. The van der Waals surface area contributed by atoms with Crippen molar-refractivity contribution < 1.29 is 20.8 Å². The molecule has 0 saturated carbocycles. The van der Waals surface area contributed by atoms with Crippen molar-refractivity contribution in [2.45, 2.75) is 32.0 Å². The summed E-state index contributed by atoms with van der Waals surface area (Å²) in [5, 5.41) is 0. The molecule has 1 aromatic carbocycles. The summed E-state index contributed by atoms with van der Waals surface area (Å²) in [5.41, 5.74) is 5.52. The topological polar surface area (TPSA) is 0 Å². The van der Waals surface area contributed by atoms with Crippen LogP contribution in [0.25, 0.3) is 6.08 Å². The molecule has 0 fully saturated rings. The molecule has 0 aromatic heterocycles. The van der Waals surface area contributed by atoms with Gasteiger partial charge in [0.1, 0.15) is 0 Å². The van der Waals surface area contributed by atoms with E-state index in [0.29, 0.717) is 0 Å². The van der Waals surface area contributed by atoms with E-state index in [1.165, 1.54) is 12.0 Å². The van der Waals surface area contributed by atoms with E-state index in [2.05, 4.69) is 50.4 Å². The molecule has 0 N–H and O–H groups in total. The predicted molar refractivity (Wildman–Crippen MR) is 78.0 cm³/mol. The van der Waals surface area contributed by atoms with Crippen LogP contribution < -0.4 is 0 Å². The van der Waals surface area contributed by atoms with E-state index in [4.69, 9.17) is 17.0 Å². The Balaban J connectivity index is 0.000000437. The van der Waals surface area contributed by atoms with Gasteiger partial charge in [-0.2, -0.15) is 0 Å². The molecule has 1 aliphatic rings. The van der Waals surface area contributed by atoms with Crippen LogP contribution in [0.1, 0.15) is 30.0 Å². The minimum absolute atomic E-state index is 0.604. The Morgan fingerprint density at radius 1 is 1.24 bits per heavy atom. The van der Waals surface area contributed by atoms with E-state index in [0.717, 1.165) is 5.54 Å². The van der Waals surface area contributed by atoms with Gasteiger partial charge in [-0.05, 0) is 23.1 Å². The van der Waals surface area contributed by atoms with Gasteiger partial charge in [-0.1, -0.05) is 55.9 Å². The zero-order valence-corrected chi connectivity index (χ0v) is 15.6. The van der Waals surface area contributed by atoms with Gasteiger partial charge in [0, 0.05) is 8.80 Å². The van der Waals surface area contributed by atoms with Crippen molar-refractivity contribution in [1.29, 1.82) is 0 Å². The maximum atomic E-state index is 4.93. The zero-order chi connectivity index (χ0) is 12.8. The van der Waals surface area contributed by atoms with Crippen molar-refractivity contribution in [2.75, 3.05) is 0 Å². The molecule has 92 valence electrons. The van der Waals surface area contributed by atoms with Gasteiger partial charge in [0.15, 0.2) is 0 Å². The molecule has 0 aliphatic heterocycles. The number of rotatable bonds is 2. The van der Waals surface area contributed by atoms with Crippen LogP contribution in [0.15, 0.2) is 29.8 Å². The van der Waals surface area contributed by atoms with Crippen molar-refractivity contribution in [2.24, 2.45) is 0 Å². The van der Waals surface area contributed by atoms with Crippen molar-refractivity contribution in [3.05, 3.63) is 41.0 Å². The molecule has 17 heavy (non-hydrogen) atoms. The van der Waals surface area contributed by atoms with Crippen LogP contribution in [0.2, 0.25) is 13.1 Å². The molecule has 1 aliphatic carbocycles. The van der Waals surface area contributed by atoms with Crippen LogP contribution in [0, 0.1) is 0 Å². The number of hydrogen-bond acceptors (Lipinski definition) is 0. The van der Waals surface area contributed by atoms with E-state index in [-0.39, 0.29) is 0 Å². The summed E-state index contributed by atoms with van der Waals surface area (Å²) in [6, 6.07) is 8.88. The molecular weight excluding hydrogens is 346 g/mol. The van der Waals surface area contributed by atoms with Gasteiger partial charge in [0.25, 0.3) is 0 Å². The van der Waals surface area contributed by atoms with E-state index in [1.807, 2.05) is 0 Å². The van der Waals surface area contributed by atoms with Crippen LogP contribution in [0.3, 0.4) is 0 Å². The van der Waals surface area contributed by atoms with Gasteiger partial charge in [0.2, 0.25) is 0 Å². The third kappa shape index (κ3) is 4.06. The molecule has 1 unspecified atom stereocenters. The average molecular weight is 365 g/mol. The molecule has 1 aromatic rings. The quantitative estimate of drug-likeness (QED) is 0.649. The van der Waals surface area contributed by atoms with E-state index in [9.17, 15) is 0 Å². The number of allylic oxidation sites excluding steroid dienone is 1. The second-order valence-corrected chi connectivity index (χ2v) is 11.4. The van der Waals surface area contributed by atoms with Gasteiger partial charge < -0.3 is 0 Å². The fourth-order valence-corrected chi connectivity index (χ4v) is 4.73. The van der Waals surface area contributed by atoms with Crippen molar-refractivity contribution in [1.82, 2.24) is 0 Å². The maximum absolute atomic E-state index is 4.93. The number of fused-ring (bicyclic) bond motifs is 1. The second-order valence-electron chi connectivity index (χ2n) is 4.49. The number of halogens is 2. The zero-order valence-electron chi connectivity index (χ0n) is 10.5. The van der Waals surface area contributed by atoms with Crippen molar-refractivity contribution in [3.63, 3.8) is 0 Å². The first-order valence-corrected chi connectivity index (χ1v) is 15.2. The van der Waals surface area contributed by atoms with Crippen molar-refractivity contribution in [3.8, 4) is 0 Å². The third-order valence-electron chi connectivity index (χ3n) is 3.15. The fraction of sp³-hybridized carbons (Fsp3) is 0.385. The number of benzene rings is 1. The molecular formula is C13H18Cl2SiZr. The summed E-state index contributed by atoms with van der Waals surface area (Å²) in [6.07, 6.45) is 3.62. The Morgan fingerprint density at radius 3 is 2.35 bits per heavy atom. The molecule has 4 heteroatoms. The first-order chi connectivity index (χ1) is 8.15. The fourth-order valence-electron chi connectivity index (χ4n) is 2.52. The standard InChI is InChI=1S/C13H18Si.2ClH.Zr/c1-4-10-9-11-7-5-6-8-12(11)13(10)14(2)3;;;/h5-9,13-14H,4H2,1-3H3;2*1H;/q;;;+2/p-2. The minimum atomic E-state index is -0.826. The molecule has 0 radical (unpaired) electrons. The van der Waals surface area contributed by atoms with Gasteiger partial charge in [0.05, 0.1) is 0 Å². The first-order valence-electron chi connectivity index (χ1n) is 5.91. The second kappa shape index (κ2) is 7.94. The Bertz CT molecular complexity index is 391. The predicted octanol–water partition coefficient (Wildman–Crippen LogP) is 4.98. The Labute approximate surface area is 125 Å². The van der Waals surface area contributed by atoms with Crippen LogP contribution in [-0.2, 0) is 20.8 Å². The van der Waals surface area contributed by atoms with E-state index >= 15 is 0 Å². The summed E-state index contributed by atoms with van der Waals surface area (Å²) < 4.78 is 0. The first kappa shape index (κ1) is 15.7. The third-order valence-corrected chi connectivity index (χ3v) is 5.27. The van der Waals surface area contributed by atoms with Crippen molar-refractivity contribution >= 4 is 31.9 Å². The molecule has 0 saturated heterocycles. The molecule has 0 bridgehead atoms. The van der Waals surface area contributed by atoms with Gasteiger partial charge >= 0.3 is 37.9 Å². The Hall–Kier alpha value is 0.640. The summed E-state index contributed by atoms with van der Waals surface area (Å²) >= 11 is -0.826. The monoisotopic (exact) mass is 362 g/mol. The van der Waals surface area contributed by atoms with Gasteiger partial charge in [-0.25, -0.2) is 0 Å². The van der Waals surface area contributed by atoms with E-state index in [1.54, 1.807) is 11.1 Å². The number of hydrogen-bond donors (Lipinski definition) is 0. The van der Waals surface area contributed by atoms with Crippen LogP contribution in [0.4, 0.5) is 0 Å². The van der Waals surface area contributed by atoms with Crippen LogP contribution >= 0.6 is 17.0 Å². The van der Waals surface area contributed by atoms with Gasteiger partial charge in [-0.15, -0.1) is 0 Å². The average Bonchev–Trinajstić information content (AvgIpc) is 2.68. The molecule has 2 rings (SSSR count). The summed E-state index contributed by atoms with van der Waals surface area (Å²) in [7, 11) is 9.26. The summed E-state index contributed by atoms with van der Waals surface area (Å²) in [5.74, 6) is 0.